The minimum absolute atomic E-state index is 0.132. The third kappa shape index (κ3) is 5.61. The Bertz CT molecular complexity index is 1260. The van der Waals surface area contributed by atoms with Crippen molar-refractivity contribution in [1.82, 2.24) is 15.0 Å². The van der Waals surface area contributed by atoms with Crippen molar-refractivity contribution in [2.24, 2.45) is 0 Å². The lowest BCUT2D eigenvalue weighted by atomic mass is 9.90. The van der Waals surface area contributed by atoms with Crippen molar-refractivity contribution in [1.29, 1.82) is 0 Å². The Labute approximate surface area is 212 Å². The first-order valence-electron chi connectivity index (χ1n) is 10.9. The highest BCUT2D eigenvalue weighted by Gasteiger charge is 2.50. The van der Waals surface area contributed by atoms with Crippen molar-refractivity contribution in [3.63, 3.8) is 0 Å². The lowest BCUT2D eigenvalue weighted by Gasteiger charge is -2.43. The van der Waals surface area contributed by atoms with Crippen molar-refractivity contribution in [2.45, 2.75) is 43.2 Å². The summed E-state index contributed by atoms with van der Waals surface area (Å²) >= 11 is 5.94. The van der Waals surface area contributed by atoms with Crippen LogP contribution in [0.25, 0.3) is 11.3 Å². The van der Waals surface area contributed by atoms with Crippen molar-refractivity contribution in [3.8, 4) is 11.3 Å². The molecule has 1 fully saturated rings. The number of aliphatic hydroxyl groups excluding tert-OH is 3. The molecule has 2 aromatic carbocycles. The number of carbonyl (C=O) groups is 1. The number of hydrogen-bond donors (Lipinski definition) is 4. The van der Waals surface area contributed by atoms with Crippen molar-refractivity contribution >= 4 is 17.6 Å². The van der Waals surface area contributed by atoms with Crippen LogP contribution in [0.15, 0.2) is 42.6 Å². The molecule has 4 unspecified atom stereocenters. The molecule has 4 N–H and O–H groups in total. The first kappa shape index (κ1) is 27.0. The van der Waals surface area contributed by atoms with Crippen LogP contribution in [-0.2, 0) is 20.9 Å². The molecule has 4 rings (SSSR count). The van der Waals surface area contributed by atoms with Crippen molar-refractivity contribution < 1.29 is 47.9 Å². The second-order valence-electron chi connectivity index (χ2n) is 8.33. The molecule has 0 bridgehead atoms. The third-order valence-corrected chi connectivity index (χ3v) is 6.12. The number of carboxylic acid groups (broad SMARTS) is 1. The maximum absolute atomic E-state index is 13.7. The van der Waals surface area contributed by atoms with Crippen LogP contribution in [0.1, 0.15) is 11.6 Å². The van der Waals surface area contributed by atoms with E-state index in [0.29, 0.717) is 22.7 Å². The summed E-state index contributed by atoms with van der Waals surface area (Å²) in [6, 6.07) is 6.42. The first-order chi connectivity index (χ1) is 17.6. The first-order valence-corrected chi connectivity index (χ1v) is 11.3. The zero-order valence-corrected chi connectivity index (χ0v) is 19.5. The smallest absolute Gasteiger partial charge is 0.335 e. The number of ether oxygens (including phenoxy) is 2. The van der Waals surface area contributed by atoms with Gasteiger partial charge in [-0.1, -0.05) is 28.9 Å². The van der Waals surface area contributed by atoms with Gasteiger partial charge in [0.05, 0.1) is 19.4 Å². The molecule has 1 aliphatic rings. The van der Waals surface area contributed by atoms with Gasteiger partial charge in [-0.2, -0.15) is 0 Å². The molecule has 198 valence electrons. The van der Waals surface area contributed by atoms with Gasteiger partial charge in [0.2, 0.25) is 0 Å². The second-order valence-corrected chi connectivity index (χ2v) is 8.77. The number of halogens is 4. The predicted octanol–water partition coefficient (Wildman–Crippen LogP) is 1.71. The minimum atomic E-state index is -1.76. The average Bonchev–Trinajstić information content (AvgIpc) is 3.33. The quantitative estimate of drug-likeness (QED) is 0.312. The summed E-state index contributed by atoms with van der Waals surface area (Å²) in [7, 11) is 0. The van der Waals surface area contributed by atoms with Gasteiger partial charge >= 0.3 is 5.97 Å². The molecule has 14 heteroatoms. The molecule has 3 aromatic rings. The number of hydrogen-bond acceptors (Lipinski definition) is 8. The molecule has 0 saturated carbocycles. The highest BCUT2D eigenvalue weighted by atomic mass is 35.5. The zero-order valence-electron chi connectivity index (χ0n) is 18.8. The van der Waals surface area contributed by atoms with Crippen LogP contribution in [-0.4, -0.2) is 78.5 Å². The van der Waals surface area contributed by atoms with Gasteiger partial charge in [0.25, 0.3) is 0 Å². The Morgan fingerprint density at radius 3 is 2.49 bits per heavy atom. The van der Waals surface area contributed by atoms with Gasteiger partial charge in [0.1, 0.15) is 36.2 Å². The van der Waals surface area contributed by atoms with Crippen LogP contribution < -0.4 is 0 Å². The SMILES string of the molecule is O=C(O)[C@@H](OCc1cccc(Cl)c1)C1OC(CO)[C@H](O)C(n2cc(-c3cc(F)c(F)c(F)c3)nn2)C1O. The summed E-state index contributed by atoms with van der Waals surface area (Å²) in [6.45, 7) is -0.965. The molecule has 0 radical (unpaired) electrons. The summed E-state index contributed by atoms with van der Waals surface area (Å²) in [4.78, 5) is 12.0. The topological polar surface area (TPSA) is 147 Å². The van der Waals surface area contributed by atoms with Crippen molar-refractivity contribution in [2.75, 3.05) is 6.61 Å². The number of benzene rings is 2. The summed E-state index contributed by atoms with van der Waals surface area (Å²) in [6.07, 6.45) is -6.94. The Balaban J connectivity index is 1.62. The van der Waals surface area contributed by atoms with E-state index in [0.717, 1.165) is 10.9 Å². The summed E-state index contributed by atoms with van der Waals surface area (Å²) in [5, 5.41) is 49.2. The van der Waals surface area contributed by atoms with Crippen LogP contribution in [0.2, 0.25) is 5.02 Å². The molecule has 1 saturated heterocycles. The maximum atomic E-state index is 13.7. The Kier molecular flexibility index (Phi) is 8.11. The number of aliphatic carboxylic acids is 1. The van der Waals surface area contributed by atoms with Crippen LogP contribution in [0.3, 0.4) is 0 Å². The Hall–Kier alpha value is -3.07. The lowest BCUT2D eigenvalue weighted by molar-refractivity contribution is -0.238. The van der Waals surface area contributed by atoms with Crippen LogP contribution >= 0.6 is 11.6 Å². The fourth-order valence-corrected chi connectivity index (χ4v) is 4.28. The molecule has 10 nitrogen and oxygen atoms in total. The van der Waals surface area contributed by atoms with Gasteiger partial charge in [0, 0.05) is 10.6 Å². The average molecular weight is 544 g/mol. The molecule has 6 atom stereocenters. The number of carboxylic acids is 1. The van der Waals surface area contributed by atoms with E-state index in [4.69, 9.17) is 21.1 Å². The van der Waals surface area contributed by atoms with Gasteiger partial charge in [-0.25, -0.2) is 22.6 Å². The molecule has 37 heavy (non-hydrogen) atoms. The standard InChI is InChI=1S/C23H21ClF3N3O7/c24-12-3-1-2-10(4-12)9-36-22(23(34)35)21-20(33)18(19(32)16(8-31)37-21)30-7-15(28-29-30)11-5-13(25)17(27)14(26)6-11/h1-7,16,18-22,31-33H,8-9H2,(H,34,35)/t16?,18?,19-,20?,21?,22-/m0/s1. The molecule has 0 amide bonds. The second kappa shape index (κ2) is 11.1. The molecule has 2 heterocycles. The monoisotopic (exact) mass is 543 g/mol. The minimum Gasteiger partial charge on any atom is -0.479 e. The lowest BCUT2D eigenvalue weighted by Crippen LogP contribution is -2.60. The summed E-state index contributed by atoms with van der Waals surface area (Å²) in [5.41, 5.74) is 0.231. The van der Waals surface area contributed by atoms with E-state index in [1.807, 2.05) is 0 Å². The van der Waals surface area contributed by atoms with E-state index < -0.39 is 66.6 Å². The van der Waals surface area contributed by atoms with E-state index in [2.05, 4.69) is 10.3 Å². The molecule has 0 aliphatic carbocycles. The molecule has 0 spiro atoms. The molecular formula is C23H21ClF3N3O7. The number of aromatic nitrogens is 3. The Morgan fingerprint density at radius 2 is 1.86 bits per heavy atom. The predicted molar refractivity (Wildman–Crippen MR) is 120 cm³/mol. The van der Waals surface area contributed by atoms with Crippen LogP contribution in [0.5, 0.6) is 0 Å². The highest BCUT2D eigenvalue weighted by molar-refractivity contribution is 6.30. The summed E-state index contributed by atoms with van der Waals surface area (Å²) < 4.78 is 52.6. The largest absolute Gasteiger partial charge is 0.479 e. The fraction of sp³-hybridized carbons (Fsp3) is 0.348. The fourth-order valence-electron chi connectivity index (χ4n) is 4.07. The molecule has 1 aromatic heterocycles. The Morgan fingerprint density at radius 1 is 1.16 bits per heavy atom. The van der Waals surface area contributed by atoms with Crippen LogP contribution in [0, 0.1) is 17.5 Å². The van der Waals surface area contributed by atoms with Crippen LogP contribution in [0.4, 0.5) is 13.2 Å². The molecular weight excluding hydrogens is 523 g/mol. The van der Waals surface area contributed by atoms with Crippen molar-refractivity contribution in [3.05, 3.63) is 70.6 Å². The normalized spacial score (nSPS) is 24.7. The maximum Gasteiger partial charge on any atom is 0.335 e. The number of nitrogens with zero attached hydrogens (tertiary/aromatic N) is 3. The van der Waals surface area contributed by atoms with Gasteiger partial charge in [-0.15, -0.1) is 5.10 Å². The van der Waals surface area contributed by atoms with Gasteiger partial charge in [0.15, 0.2) is 23.6 Å². The third-order valence-electron chi connectivity index (χ3n) is 5.88. The number of aliphatic hydroxyl groups is 3. The molecule has 1 aliphatic heterocycles. The van der Waals surface area contributed by atoms with Gasteiger partial charge in [-0.05, 0) is 29.8 Å². The van der Waals surface area contributed by atoms with Gasteiger partial charge < -0.3 is 29.9 Å². The van der Waals surface area contributed by atoms with E-state index in [9.17, 15) is 38.4 Å². The number of rotatable bonds is 8. The zero-order chi connectivity index (χ0) is 26.9. The summed E-state index contributed by atoms with van der Waals surface area (Å²) in [5.74, 6) is -6.08. The van der Waals surface area contributed by atoms with E-state index >= 15 is 0 Å². The van der Waals surface area contributed by atoms with Gasteiger partial charge in [-0.3, -0.25) is 0 Å². The highest BCUT2D eigenvalue weighted by Crippen LogP contribution is 2.33. The van der Waals surface area contributed by atoms with E-state index in [-0.39, 0.29) is 17.9 Å². The van der Waals surface area contributed by atoms with E-state index in [1.54, 1.807) is 24.3 Å². The van der Waals surface area contributed by atoms with E-state index in [1.165, 1.54) is 0 Å².